The molecule has 0 amide bonds. The van der Waals surface area contributed by atoms with Gasteiger partial charge in [0.25, 0.3) is 0 Å². The van der Waals surface area contributed by atoms with Crippen molar-refractivity contribution >= 4 is 10.0 Å². The van der Waals surface area contributed by atoms with Crippen molar-refractivity contribution in [2.45, 2.75) is 38.6 Å². The van der Waals surface area contributed by atoms with E-state index in [9.17, 15) is 8.42 Å². The van der Waals surface area contributed by atoms with Crippen LogP contribution in [0.3, 0.4) is 0 Å². The second-order valence-electron chi connectivity index (χ2n) is 5.81. The van der Waals surface area contributed by atoms with Crippen LogP contribution in [0, 0.1) is 20.8 Å². The topological polar surface area (TPSA) is 55.4 Å². The van der Waals surface area contributed by atoms with Gasteiger partial charge in [-0.05, 0) is 44.9 Å². The molecular formula is C18H23NO3S. The number of aryl methyl sites for hydroxylation is 3. The van der Waals surface area contributed by atoms with Crippen molar-refractivity contribution in [2.75, 3.05) is 7.11 Å². The maximum atomic E-state index is 12.8. The van der Waals surface area contributed by atoms with E-state index in [1.54, 1.807) is 7.11 Å². The SMILES string of the molecule is COc1ccccc1[C@H](C)NS(=O)(=O)c1c(C)cc(C)cc1C. The number of para-hydroxylation sites is 1. The predicted octanol–water partition coefficient (Wildman–Crippen LogP) is 3.66. The Morgan fingerprint density at radius 2 is 1.61 bits per heavy atom. The van der Waals surface area contributed by atoms with Crippen molar-refractivity contribution in [3.05, 3.63) is 58.7 Å². The van der Waals surface area contributed by atoms with Gasteiger partial charge in [-0.25, -0.2) is 13.1 Å². The van der Waals surface area contributed by atoms with E-state index < -0.39 is 16.1 Å². The van der Waals surface area contributed by atoms with Crippen LogP contribution in [0.25, 0.3) is 0 Å². The normalized spacial score (nSPS) is 12.9. The molecule has 0 bridgehead atoms. The van der Waals surface area contributed by atoms with Crippen molar-refractivity contribution in [2.24, 2.45) is 0 Å². The van der Waals surface area contributed by atoms with E-state index in [1.165, 1.54) is 0 Å². The fraction of sp³-hybridized carbons (Fsp3) is 0.333. The fourth-order valence-electron chi connectivity index (χ4n) is 2.97. The van der Waals surface area contributed by atoms with Gasteiger partial charge < -0.3 is 4.74 Å². The molecule has 1 atom stereocenters. The molecule has 0 radical (unpaired) electrons. The molecule has 0 spiro atoms. The molecule has 0 fully saturated rings. The first kappa shape index (κ1) is 17.5. The molecule has 2 rings (SSSR count). The monoisotopic (exact) mass is 333 g/mol. The van der Waals surface area contributed by atoms with Crippen LogP contribution in [0.4, 0.5) is 0 Å². The molecule has 0 unspecified atom stereocenters. The van der Waals surface area contributed by atoms with Crippen molar-refractivity contribution in [3.8, 4) is 5.75 Å². The molecule has 0 aromatic heterocycles. The molecule has 0 heterocycles. The van der Waals surface area contributed by atoms with E-state index in [0.717, 1.165) is 22.3 Å². The zero-order chi connectivity index (χ0) is 17.2. The van der Waals surface area contributed by atoms with E-state index in [1.807, 2.05) is 64.1 Å². The van der Waals surface area contributed by atoms with Crippen LogP contribution < -0.4 is 9.46 Å². The molecule has 0 saturated carbocycles. The van der Waals surface area contributed by atoms with Gasteiger partial charge in [-0.15, -0.1) is 0 Å². The molecule has 23 heavy (non-hydrogen) atoms. The lowest BCUT2D eigenvalue weighted by molar-refractivity contribution is 0.405. The van der Waals surface area contributed by atoms with Gasteiger partial charge in [0.05, 0.1) is 12.0 Å². The lowest BCUT2D eigenvalue weighted by atomic mass is 10.1. The van der Waals surface area contributed by atoms with Crippen molar-refractivity contribution in [3.63, 3.8) is 0 Å². The van der Waals surface area contributed by atoms with Crippen molar-refractivity contribution in [1.29, 1.82) is 0 Å². The number of hydrogen-bond donors (Lipinski definition) is 1. The Morgan fingerprint density at radius 3 is 2.17 bits per heavy atom. The first-order chi connectivity index (χ1) is 10.8. The maximum absolute atomic E-state index is 12.8. The Bertz CT molecular complexity index is 790. The van der Waals surface area contributed by atoms with Gasteiger partial charge in [-0.2, -0.15) is 0 Å². The average molecular weight is 333 g/mol. The second kappa shape index (κ2) is 6.72. The first-order valence-electron chi connectivity index (χ1n) is 7.49. The van der Waals surface area contributed by atoms with Crippen LogP contribution in [0.15, 0.2) is 41.3 Å². The van der Waals surface area contributed by atoms with E-state index in [-0.39, 0.29) is 0 Å². The summed E-state index contributed by atoms with van der Waals surface area (Å²) in [4.78, 5) is 0.352. The zero-order valence-electron chi connectivity index (χ0n) is 14.2. The van der Waals surface area contributed by atoms with Crippen LogP contribution in [0.2, 0.25) is 0 Å². The van der Waals surface area contributed by atoms with Crippen LogP contribution in [-0.4, -0.2) is 15.5 Å². The van der Waals surface area contributed by atoms with Gasteiger partial charge in [0.15, 0.2) is 0 Å². The maximum Gasteiger partial charge on any atom is 0.241 e. The summed E-state index contributed by atoms with van der Waals surface area (Å²) in [6.07, 6.45) is 0. The highest BCUT2D eigenvalue weighted by atomic mass is 32.2. The van der Waals surface area contributed by atoms with Crippen molar-refractivity contribution in [1.82, 2.24) is 4.72 Å². The molecule has 124 valence electrons. The fourth-order valence-corrected chi connectivity index (χ4v) is 4.65. The third-order valence-corrected chi connectivity index (χ3v) is 5.66. The quantitative estimate of drug-likeness (QED) is 0.908. The number of methoxy groups -OCH3 is 1. The molecule has 1 N–H and O–H groups in total. The zero-order valence-corrected chi connectivity index (χ0v) is 15.0. The number of ether oxygens (including phenoxy) is 1. The Morgan fingerprint density at radius 1 is 1.04 bits per heavy atom. The van der Waals surface area contributed by atoms with Crippen molar-refractivity contribution < 1.29 is 13.2 Å². The van der Waals surface area contributed by atoms with Crippen LogP contribution in [0.1, 0.15) is 35.2 Å². The Balaban J connectivity index is 2.39. The summed E-state index contributed by atoms with van der Waals surface area (Å²) >= 11 is 0. The summed E-state index contributed by atoms with van der Waals surface area (Å²) in [5.41, 5.74) is 3.36. The van der Waals surface area contributed by atoms with Gasteiger partial charge in [0, 0.05) is 11.6 Å². The van der Waals surface area contributed by atoms with E-state index in [2.05, 4.69) is 4.72 Å². The molecule has 0 aliphatic rings. The van der Waals surface area contributed by atoms with E-state index in [0.29, 0.717) is 10.6 Å². The Kier molecular flexibility index (Phi) is 5.12. The van der Waals surface area contributed by atoms with E-state index >= 15 is 0 Å². The third-order valence-electron chi connectivity index (χ3n) is 3.81. The second-order valence-corrected chi connectivity index (χ2v) is 7.46. The minimum atomic E-state index is -3.62. The number of hydrogen-bond acceptors (Lipinski definition) is 3. The van der Waals surface area contributed by atoms with Gasteiger partial charge in [-0.1, -0.05) is 35.9 Å². The van der Waals surface area contributed by atoms with Gasteiger partial charge in [0.1, 0.15) is 5.75 Å². The molecule has 2 aromatic carbocycles. The predicted molar refractivity (Wildman–Crippen MR) is 92.4 cm³/mol. The summed E-state index contributed by atoms with van der Waals surface area (Å²) in [7, 11) is -2.04. The summed E-state index contributed by atoms with van der Waals surface area (Å²) in [6.45, 7) is 7.42. The van der Waals surface area contributed by atoms with Crippen LogP contribution in [-0.2, 0) is 10.0 Å². The molecule has 0 aliphatic heterocycles. The molecule has 5 heteroatoms. The highest BCUT2D eigenvalue weighted by molar-refractivity contribution is 7.89. The van der Waals surface area contributed by atoms with Gasteiger partial charge in [0.2, 0.25) is 10.0 Å². The number of sulfonamides is 1. The van der Waals surface area contributed by atoms with Crippen LogP contribution >= 0.6 is 0 Å². The molecule has 2 aromatic rings. The van der Waals surface area contributed by atoms with E-state index in [4.69, 9.17) is 4.74 Å². The highest BCUT2D eigenvalue weighted by Crippen LogP contribution is 2.28. The Labute approximate surface area is 138 Å². The highest BCUT2D eigenvalue weighted by Gasteiger charge is 2.23. The van der Waals surface area contributed by atoms with Crippen LogP contribution in [0.5, 0.6) is 5.75 Å². The summed E-state index contributed by atoms with van der Waals surface area (Å²) < 4.78 is 33.7. The molecule has 0 aliphatic carbocycles. The minimum Gasteiger partial charge on any atom is -0.496 e. The number of rotatable bonds is 5. The number of benzene rings is 2. The largest absolute Gasteiger partial charge is 0.496 e. The summed E-state index contributed by atoms with van der Waals surface area (Å²) in [5, 5.41) is 0. The smallest absolute Gasteiger partial charge is 0.241 e. The lowest BCUT2D eigenvalue weighted by Crippen LogP contribution is -2.28. The van der Waals surface area contributed by atoms with Gasteiger partial charge in [-0.3, -0.25) is 0 Å². The minimum absolute atomic E-state index is 0.352. The molecule has 4 nitrogen and oxygen atoms in total. The summed E-state index contributed by atoms with van der Waals surface area (Å²) in [6, 6.07) is 10.8. The lowest BCUT2D eigenvalue weighted by Gasteiger charge is -2.19. The average Bonchev–Trinajstić information content (AvgIpc) is 2.45. The summed E-state index contributed by atoms with van der Waals surface area (Å²) in [5.74, 6) is 0.667. The molecule has 0 saturated heterocycles. The van der Waals surface area contributed by atoms with Gasteiger partial charge >= 0.3 is 0 Å². The standard InChI is InChI=1S/C18H23NO3S/c1-12-10-13(2)18(14(3)11-12)23(20,21)19-15(4)16-8-6-7-9-17(16)22-5/h6-11,15,19H,1-5H3/t15-/m0/s1. The third kappa shape index (κ3) is 3.74. The Hall–Kier alpha value is -1.85. The first-order valence-corrected chi connectivity index (χ1v) is 8.97. The number of nitrogens with one attached hydrogen (secondary N) is 1. The molecular weight excluding hydrogens is 310 g/mol.